The molecule has 2 atom stereocenters. The summed E-state index contributed by atoms with van der Waals surface area (Å²) in [5, 5.41) is 3.14. The van der Waals surface area contributed by atoms with E-state index in [1.807, 2.05) is 0 Å². The fourth-order valence-corrected chi connectivity index (χ4v) is 1.32. The van der Waals surface area contributed by atoms with Gasteiger partial charge in [0.05, 0.1) is 12.7 Å². The number of pyridine rings is 1. The molecule has 0 radical (unpaired) electrons. The summed E-state index contributed by atoms with van der Waals surface area (Å²) in [6.45, 7) is 0. The Kier molecular flexibility index (Phi) is 2.55. The Hall–Kier alpha value is -1.62. The molecule has 2 unspecified atom stereocenters. The topological polar surface area (TPSA) is 77.2 Å². The number of anilines is 1. The first-order chi connectivity index (χ1) is 7.20. The maximum absolute atomic E-state index is 11.2. The number of nitrogens with zero attached hydrogens (tertiary/aromatic N) is 1. The number of carbonyl (C=O) groups excluding carboxylic acids is 1. The van der Waals surface area contributed by atoms with Crippen molar-refractivity contribution in [2.45, 2.75) is 18.5 Å². The Morgan fingerprint density at radius 3 is 3.07 bits per heavy atom. The smallest absolute Gasteiger partial charge is 0.338 e. The molecule has 1 heterocycles. The van der Waals surface area contributed by atoms with E-state index < -0.39 is 0 Å². The molecule has 5 heteroatoms. The quantitative estimate of drug-likeness (QED) is 0.701. The van der Waals surface area contributed by atoms with Gasteiger partial charge in [-0.15, -0.1) is 0 Å². The molecule has 1 aliphatic carbocycles. The number of carbonyl (C=O) groups is 1. The lowest BCUT2D eigenvalue weighted by Gasteiger charge is -2.05. The van der Waals surface area contributed by atoms with E-state index in [9.17, 15) is 4.79 Å². The van der Waals surface area contributed by atoms with Crippen molar-refractivity contribution in [2.24, 2.45) is 5.73 Å². The van der Waals surface area contributed by atoms with Crippen LogP contribution >= 0.6 is 0 Å². The molecule has 0 aliphatic heterocycles. The fraction of sp³-hybridized carbons (Fsp3) is 0.400. The van der Waals surface area contributed by atoms with Crippen molar-refractivity contribution in [1.82, 2.24) is 4.98 Å². The molecule has 1 aromatic rings. The van der Waals surface area contributed by atoms with Crippen LogP contribution in [0.4, 0.5) is 5.82 Å². The van der Waals surface area contributed by atoms with Gasteiger partial charge in [-0.1, -0.05) is 0 Å². The average molecular weight is 207 g/mol. The van der Waals surface area contributed by atoms with E-state index in [1.54, 1.807) is 18.3 Å². The van der Waals surface area contributed by atoms with Crippen LogP contribution < -0.4 is 11.1 Å². The summed E-state index contributed by atoms with van der Waals surface area (Å²) in [6, 6.07) is 3.76. The van der Waals surface area contributed by atoms with E-state index in [1.165, 1.54) is 7.11 Å². The third kappa shape index (κ3) is 2.24. The Balaban J connectivity index is 2.08. The second-order valence-corrected chi connectivity index (χ2v) is 3.57. The number of nitrogens with two attached hydrogens (primary N) is 1. The third-order valence-corrected chi connectivity index (χ3v) is 2.35. The first-order valence-electron chi connectivity index (χ1n) is 4.77. The Labute approximate surface area is 87.6 Å². The van der Waals surface area contributed by atoms with Crippen molar-refractivity contribution in [3.63, 3.8) is 0 Å². The molecular weight excluding hydrogens is 194 g/mol. The highest BCUT2D eigenvalue weighted by Gasteiger charge is 2.33. The number of nitrogens with one attached hydrogen (secondary N) is 1. The van der Waals surface area contributed by atoms with Crippen molar-refractivity contribution >= 4 is 11.8 Å². The summed E-state index contributed by atoms with van der Waals surface area (Å²) in [5.41, 5.74) is 6.15. The lowest BCUT2D eigenvalue weighted by atomic mass is 10.2. The summed E-state index contributed by atoms with van der Waals surface area (Å²) in [4.78, 5) is 15.3. The van der Waals surface area contributed by atoms with Gasteiger partial charge in [0.2, 0.25) is 0 Å². The molecule has 1 aliphatic rings. The molecule has 1 fully saturated rings. The lowest BCUT2D eigenvalue weighted by Crippen LogP contribution is -2.14. The summed E-state index contributed by atoms with van der Waals surface area (Å²) in [5.74, 6) is 0.302. The van der Waals surface area contributed by atoms with Gasteiger partial charge >= 0.3 is 5.97 Å². The van der Waals surface area contributed by atoms with Crippen LogP contribution in [-0.4, -0.2) is 30.1 Å². The van der Waals surface area contributed by atoms with E-state index in [0.29, 0.717) is 11.4 Å². The van der Waals surface area contributed by atoms with Crippen LogP contribution in [-0.2, 0) is 4.74 Å². The largest absolute Gasteiger partial charge is 0.465 e. The number of aromatic nitrogens is 1. The minimum Gasteiger partial charge on any atom is -0.465 e. The maximum Gasteiger partial charge on any atom is 0.338 e. The molecule has 15 heavy (non-hydrogen) atoms. The van der Waals surface area contributed by atoms with Crippen LogP contribution in [0.25, 0.3) is 0 Å². The highest BCUT2D eigenvalue weighted by Crippen LogP contribution is 2.22. The van der Waals surface area contributed by atoms with Gasteiger partial charge in [0, 0.05) is 18.3 Å². The molecule has 0 spiro atoms. The number of hydrogen-bond acceptors (Lipinski definition) is 5. The highest BCUT2D eigenvalue weighted by molar-refractivity contribution is 5.90. The SMILES string of the molecule is COC(=O)c1ccnc(NC2CC2N)c1. The minimum atomic E-state index is -0.361. The molecule has 0 bridgehead atoms. The van der Waals surface area contributed by atoms with Gasteiger partial charge in [-0.2, -0.15) is 0 Å². The number of hydrogen-bond donors (Lipinski definition) is 2. The second-order valence-electron chi connectivity index (χ2n) is 3.57. The highest BCUT2D eigenvalue weighted by atomic mass is 16.5. The molecule has 0 aromatic carbocycles. The van der Waals surface area contributed by atoms with Crippen LogP contribution in [0.3, 0.4) is 0 Å². The molecule has 0 amide bonds. The predicted molar refractivity (Wildman–Crippen MR) is 55.6 cm³/mol. The van der Waals surface area contributed by atoms with Crippen molar-refractivity contribution in [1.29, 1.82) is 0 Å². The van der Waals surface area contributed by atoms with Crippen LogP contribution in [0, 0.1) is 0 Å². The molecule has 0 saturated heterocycles. The predicted octanol–water partition coefficient (Wildman–Crippen LogP) is 0.380. The number of ether oxygens (including phenoxy) is 1. The lowest BCUT2D eigenvalue weighted by molar-refractivity contribution is 0.0600. The van der Waals surface area contributed by atoms with Crippen LogP contribution in [0.15, 0.2) is 18.3 Å². The van der Waals surface area contributed by atoms with E-state index in [0.717, 1.165) is 6.42 Å². The van der Waals surface area contributed by atoms with Crippen molar-refractivity contribution in [3.05, 3.63) is 23.9 Å². The van der Waals surface area contributed by atoms with Crippen molar-refractivity contribution < 1.29 is 9.53 Å². The second kappa shape index (κ2) is 3.86. The van der Waals surface area contributed by atoms with Gasteiger partial charge in [-0.25, -0.2) is 9.78 Å². The third-order valence-electron chi connectivity index (χ3n) is 2.35. The normalized spacial score (nSPS) is 23.3. The monoisotopic (exact) mass is 207 g/mol. The maximum atomic E-state index is 11.2. The van der Waals surface area contributed by atoms with Gasteiger partial charge in [-0.05, 0) is 18.6 Å². The van der Waals surface area contributed by atoms with Gasteiger partial charge in [0.15, 0.2) is 0 Å². The first-order valence-corrected chi connectivity index (χ1v) is 4.77. The van der Waals surface area contributed by atoms with Gasteiger partial charge in [0.1, 0.15) is 5.82 Å². The zero-order chi connectivity index (χ0) is 10.8. The number of rotatable bonds is 3. The number of methoxy groups -OCH3 is 1. The molecule has 80 valence electrons. The van der Waals surface area contributed by atoms with E-state index in [-0.39, 0.29) is 18.1 Å². The van der Waals surface area contributed by atoms with Gasteiger partial charge < -0.3 is 15.8 Å². The van der Waals surface area contributed by atoms with Crippen molar-refractivity contribution in [2.75, 3.05) is 12.4 Å². The van der Waals surface area contributed by atoms with Crippen molar-refractivity contribution in [3.8, 4) is 0 Å². The fourth-order valence-electron chi connectivity index (χ4n) is 1.32. The summed E-state index contributed by atoms with van der Waals surface area (Å²) in [6.07, 6.45) is 2.52. The average Bonchev–Trinajstić information content (AvgIpc) is 2.93. The zero-order valence-corrected chi connectivity index (χ0v) is 8.43. The van der Waals surface area contributed by atoms with E-state index >= 15 is 0 Å². The molecular formula is C10H13N3O2. The van der Waals surface area contributed by atoms with E-state index in [4.69, 9.17) is 5.73 Å². The summed E-state index contributed by atoms with van der Waals surface area (Å²) in [7, 11) is 1.35. The zero-order valence-electron chi connectivity index (χ0n) is 8.43. The van der Waals surface area contributed by atoms with Crippen LogP contribution in [0.5, 0.6) is 0 Å². The molecule has 5 nitrogen and oxygen atoms in total. The standard InChI is InChI=1S/C10H13N3O2/c1-15-10(14)6-2-3-12-9(4-6)13-8-5-7(8)11/h2-4,7-8H,5,11H2,1H3,(H,12,13). The minimum absolute atomic E-state index is 0.202. The Bertz CT molecular complexity index is 381. The molecule has 2 rings (SSSR count). The Morgan fingerprint density at radius 1 is 1.73 bits per heavy atom. The molecule has 3 N–H and O–H groups in total. The van der Waals surface area contributed by atoms with E-state index in [2.05, 4.69) is 15.0 Å². The first kappa shape index (κ1) is 9.92. The van der Waals surface area contributed by atoms with Crippen LogP contribution in [0.2, 0.25) is 0 Å². The van der Waals surface area contributed by atoms with Gasteiger partial charge in [0.25, 0.3) is 0 Å². The Morgan fingerprint density at radius 2 is 2.47 bits per heavy atom. The van der Waals surface area contributed by atoms with Gasteiger partial charge in [-0.3, -0.25) is 0 Å². The molecule has 1 aromatic heterocycles. The number of esters is 1. The summed E-state index contributed by atoms with van der Waals surface area (Å²) < 4.78 is 4.61. The summed E-state index contributed by atoms with van der Waals surface area (Å²) >= 11 is 0. The molecule has 1 saturated carbocycles. The van der Waals surface area contributed by atoms with Crippen LogP contribution in [0.1, 0.15) is 16.8 Å².